The summed E-state index contributed by atoms with van der Waals surface area (Å²) in [7, 11) is -1.09. The average Bonchev–Trinajstić information content (AvgIpc) is 2.92. The van der Waals surface area contributed by atoms with Crippen LogP contribution in [-0.2, 0) is 19.6 Å². The van der Waals surface area contributed by atoms with Gasteiger partial charge in [-0.2, -0.15) is 4.31 Å². The molecule has 3 atom stereocenters. The van der Waals surface area contributed by atoms with Crippen LogP contribution in [0.3, 0.4) is 0 Å². The van der Waals surface area contributed by atoms with E-state index in [1.807, 2.05) is 0 Å². The molecule has 0 aromatic heterocycles. The summed E-state index contributed by atoms with van der Waals surface area (Å²) in [6.45, 7) is 2.92. The molecule has 3 aliphatic heterocycles. The Labute approximate surface area is 138 Å². The van der Waals surface area contributed by atoms with Gasteiger partial charge in [0.25, 0.3) is 0 Å². The van der Waals surface area contributed by atoms with Gasteiger partial charge in [0, 0.05) is 19.1 Å². The number of piperidine rings is 2. The van der Waals surface area contributed by atoms with E-state index < -0.39 is 16.1 Å². The lowest BCUT2D eigenvalue weighted by molar-refractivity contribution is -0.133. The van der Waals surface area contributed by atoms with E-state index in [0.717, 1.165) is 32.4 Å². The zero-order valence-corrected chi connectivity index (χ0v) is 14.7. The lowest BCUT2D eigenvalue weighted by atomic mass is 9.92. The molecule has 1 N–H and O–H groups in total. The summed E-state index contributed by atoms with van der Waals surface area (Å²) in [5.74, 6) is 0.265. The first-order valence-corrected chi connectivity index (χ1v) is 10.3. The summed E-state index contributed by atoms with van der Waals surface area (Å²) in [6.07, 6.45) is 4.09. The maximum Gasteiger partial charge on any atom is 0.249 e. The molecule has 0 aromatic rings. The summed E-state index contributed by atoms with van der Waals surface area (Å²) in [6, 6.07) is 0.234. The van der Waals surface area contributed by atoms with E-state index >= 15 is 0 Å². The first kappa shape index (κ1) is 17.1. The Morgan fingerprint density at radius 3 is 2.52 bits per heavy atom. The van der Waals surface area contributed by atoms with E-state index in [0.29, 0.717) is 25.4 Å². The van der Waals surface area contributed by atoms with Crippen molar-refractivity contribution in [2.24, 2.45) is 5.92 Å². The van der Waals surface area contributed by atoms with Crippen LogP contribution in [0, 0.1) is 5.92 Å². The number of carbonyl (C=O) groups is 1. The van der Waals surface area contributed by atoms with Gasteiger partial charge in [0.05, 0.1) is 12.4 Å². The molecule has 3 saturated heterocycles. The molecule has 3 aliphatic rings. The smallest absolute Gasteiger partial charge is 0.249 e. The van der Waals surface area contributed by atoms with E-state index in [4.69, 9.17) is 4.74 Å². The van der Waals surface area contributed by atoms with E-state index in [9.17, 15) is 13.2 Å². The Balaban J connectivity index is 1.52. The van der Waals surface area contributed by atoms with Crippen LogP contribution in [0.25, 0.3) is 0 Å². The average molecular weight is 345 g/mol. The number of nitrogens with zero attached hydrogens (tertiary/aromatic N) is 2. The molecule has 132 valence electrons. The van der Waals surface area contributed by atoms with Crippen LogP contribution in [0.4, 0.5) is 0 Å². The SMILES string of the molecule is CN1CCC(NC(=O)[C@@H]2C[C@@H]3CCN(S(C)(=O)=O)C[C@H]3O2)CC1. The Kier molecular flexibility index (Phi) is 4.96. The molecule has 0 spiro atoms. The third kappa shape index (κ3) is 4.04. The largest absolute Gasteiger partial charge is 0.363 e. The fourth-order valence-corrected chi connectivity index (χ4v) is 4.67. The first-order chi connectivity index (χ1) is 10.8. The van der Waals surface area contributed by atoms with Gasteiger partial charge in [-0.1, -0.05) is 0 Å². The van der Waals surface area contributed by atoms with Crippen molar-refractivity contribution in [1.29, 1.82) is 0 Å². The fraction of sp³-hybridized carbons (Fsp3) is 0.933. The second-order valence-electron chi connectivity index (χ2n) is 7.15. The molecule has 7 nitrogen and oxygen atoms in total. The van der Waals surface area contributed by atoms with Crippen molar-refractivity contribution in [1.82, 2.24) is 14.5 Å². The standard InChI is InChI=1S/C15H27N3O4S/c1-17-6-4-12(5-7-17)16-15(19)13-9-11-3-8-18(23(2,20)21)10-14(11)22-13/h11-14H,3-10H2,1-2H3,(H,16,19)/t11-,13-,14+/m0/s1. The summed E-state index contributed by atoms with van der Waals surface area (Å²) in [4.78, 5) is 14.7. The molecule has 8 heteroatoms. The topological polar surface area (TPSA) is 79.0 Å². The summed E-state index contributed by atoms with van der Waals surface area (Å²) >= 11 is 0. The number of hydrogen-bond donors (Lipinski definition) is 1. The van der Waals surface area contributed by atoms with Crippen LogP contribution in [0.2, 0.25) is 0 Å². The Hall–Kier alpha value is -0.700. The lowest BCUT2D eigenvalue weighted by Crippen LogP contribution is -2.47. The molecule has 0 bridgehead atoms. The van der Waals surface area contributed by atoms with Gasteiger partial charge in [0.2, 0.25) is 15.9 Å². The van der Waals surface area contributed by atoms with Crippen molar-refractivity contribution in [3.05, 3.63) is 0 Å². The van der Waals surface area contributed by atoms with Gasteiger partial charge in [0.15, 0.2) is 0 Å². The predicted molar refractivity (Wildman–Crippen MR) is 86.5 cm³/mol. The van der Waals surface area contributed by atoms with E-state index in [2.05, 4.69) is 17.3 Å². The summed E-state index contributed by atoms with van der Waals surface area (Å²) in [5, 5.41) is 3.11. The number of rotatable bonds is 3. The van der Waals surface area contributed by atoms with Crippen molar-refractivity contribution < 1.29 is 17.9 Å². The van der Waals surface area contributed by atoms with E-state index in [1.165, 1.54) is 10.6 Å². The fourth-order valence-electron chi connectivity index (χ4n) is 3.82. The number of hydrogen-bond acceptors (Lipinski definition) is 5. The van der Waals surface area contributed by atoms with Crippen molar-refractivity contribution in [2.75, 3.05) is 39.5 Å². The third-order valence-electron chi connectivity index (χ3n) is 5.34. The Morgan fingerprint density at radius 2 is 1.87 bits per heavy atom. The van der Waals surface area contributed by atoms with Crippen LogP contribution in [-0.4, -0.2) is 81.3 Å². The Morgan fingerprint density at radius 1 is 1.17 bits per heavy atom. The highest BCUT2D eigenvalue weighted by atomic mass is 32.2. The maximum absolute atomic E-state index is 12.4. The van der Waals surface area contributed by atoms with E-state index in [-0.39, 0.29) is 18.1 Å². The molecule has 0 aromatic carbocycles. The molecule has 23 heavy (non-hydrogen) atoms. The summed E-state index contributed by atoms with van der Waals surface area (Å²) < 4.78 is 30.7. The van der Waals surface area contributed by atoms with Crippen LogP contribution in [0.5, 0.6) is 0 Å². The first-order valence-electron chi connectivity index (χ1n) is 8.42. The Bertz CT molecular complexity index is 545. The van der Waals surface area contributed by atoms with Crippen molar-refractivity contribution in [3.63, 3.8) is 0 Å². The van der Waals surface area contributed by atoms with Gasteiger partial charge in [-0.15, -0.1) is 0 Å². The number of ether oxygens (including phenoxy) is 1. The highest BCUT2D eigenvalue weighted by Crippen LogP contribution is 2.34. The van der Waals surface area contributed by atoms with Gasteiger partial charge in [-0.3, -0.25) is 4.79 Å². The number of amides is 1. The molecule has 3 rings (SSSR count). The molecular formula is C15H27N3O4S. The second-order valence-corrected chi connectivity index (χ2v) is 9.14. The molecule has 0 aliphatic carbocycles. The molecule has 1 amide bonds. The maximum atomic E-state index is 12.4. The van der Waals surface area contributed by atoms with Crippen LogP contribution in [0.15, 0.2) is 0 Å². The monoisotopic (exact) mass is 345 g/mol. The van der Waals surface area contributed by atoms with Crippen molar-refractivity contribution in [2.45, 2.75) is 43.9 Å². The predicted octanol–water partition coefficient (Wildman–Crippen LogP) is -0.364. The van der Waals surface area contributed by atoms with Gasteiger partial charge in [0.1, 0.15) is 6.10 Å². The number of nitrogens with one attached hydrogen (secondary N) is 1. The number of carbonyl (C=O) groups excluding carboxylic acids is 1. The minimum atomic E-state index is -3.18. The normalized spacial score (nSPS) is 34.3. The summed E-state index contributed by atoms with van der Waals surface area (Å²) in [5.41, 5.74) is 0. The minimum absolute atomic E-state index is 0.0279. The van der Waals surface area contributed by atoms with Gasteiger partial charge in [-0.05, 0) is 51.7 Å². The van der Waals surface area contributed by atoms with Gasteiger partial charge < -0.3 is 15.0 Å². The number of sulfonamides is 1. The molecule has 0 saturated carbocycles. The quantitative estimate of drug-likeness (QED) is 0.755. The van der Waals surface area contributed by atoms with Gasteiger partial charge >= 0.3 is 0 Å². The highest BCUT2D eigenvalue weighted by molar-refractivity contribution is 7.88. The minimum Gasteiger partial charge on any atom is -0.363 e. The lowest BCUT2D eigenvalue weighted by Gasteiger charge is -2.32. The van der Waals surface area contributed by atoms with Crippen LogP contribution in [0.1, 0.15) is 25.7 Å². The van der Waals surface area contributed by atoms with Crippen molar-refractivity contribution in [3.8, 4) is 0 Å². The molecular weight excluding hydrogens is 318 g/mol. The number of likely N-dealkylation sites (tertiary alicyclic amines) is 1. The van der Waals surface area contributed by atoms with Crippen LogP contribution < -0.4 is 5.32 Å². The van der Waals surface area contributed by atoms with E-state index in [1.54, 1.807) is 0 Å². The molecule has 0 radical (unpaired) electrons. The zero-order chi connectivity index (χ0) is 16.6. The zero-order valence-electron chi connectivity index (χ0n) is 13.9. The van der Waals surface area contributed by atoms with Gasteiger partial charge in [-0.25, -0.2) is 8.42 Å². The van der Waals surface area contributed by atoms with Crippen molar-refractivity contribution >= 4 is 15.9 Å². The highest BCUT2D eigenvalue weighted by Gasteiger charge is 2.43. The second kappa shape index (κ2) is 6.66. The van der Waals surface area contributed by atoms with Crippen LogP contribution >= 0.6 is 0 Å². The number of fused-ring (bicyclic) bond motifs is 1. The third-order valence-corrected chi connectivity index (χ3v) is 6.61. The molecule has 3 fully saturated rings. The molecule has 3 heterocycles. The molecule has 0 unspecified atom stereocenters.